The van der Waals surface area contributed by atoms with Crippen molar-refractivity contribution in [3.63, 3.8) is 0 Å². The number of carbonyl (C=O) groups is 1. The summed E-state index contributed by atoms with van der Waals surface area (Å²) in [4.78, 5) is 16.5. The van der Waals surface area contributed by atoms with Crippen LogP contribution in [-0.4, -0.2) is 44.4 Å². The van der Waals surface area contributed by atoms with E-state index in [0.29, 0.717) is 11.6 Å². The second-order valence-electron chi connectivity index (χ2n) is 11.5. The number of ether oxygens (including phenoxy) is 1. The maximum atomic E-state index is 12.1. The zero-order valence-corrected chi connectivity index (χ0v) is 22.4. The van der Waals surface area contributed by atoms with Gasteiger partial charge in [0, 0.05) is 42.9 Å². The van der Waals surface area contributed by atoms with Gasteiger partial charge in [0.2, 0.25) is 0 Å². The summed E-state index contributed by atoms with van der Waals surface area (Å²) >= 11 is 0. The zero-order chi connectivity index (χ0) is 26.3. The highest BCUT2D eigenvalue weighted by Gasteiger charge is 2.49. The van der Waals surface area contributed by atoms with Crippen molar-refractivity contribution in [2.24, 2.45) is 5.41 Å². The zero-order valence-electron chi connectivity index (χ0n) is 22.4. The SMILES string of the molecule is Cc1cc(N(C)c2ccc(C3CCCCC3)cc2)ccc1Nc1ccc(N2CC3(COC3)C2)cc1C(=O)O. The molecule has 2 N–H and O–H groups in total. The summed E-state index contributed by atoms with van der Waals surface area (Å²) in [6.45, 7) is 5.53. The van der Waals surface area contributed by atoms with Gasteiger partial charge in [0.15, 0.2) is 0 Å². The van der Waals surface area contributed by atoms with Crippen LogP contribution in [0.5, 0.6) is 0 Å². The lowest BCUT2D eigenvalue weighted by atomic mass is 9.77. The Kier molecular flexibility index (Phi) is 6.52. The molecule has 2 aliphatic heterocycles. The quantitative estimate of drug-likeness (QED) is 0.353. The highest BCUT2D eigenvalue weighted by molar-refractivity contribution is 5.96. The Morgan fingerprint density at radius 3 is 2.26 bits per heavy atom. The first kappa shape index (κ1) is 24.8. The number of carboxylic acids is 1. The van der Waals surface area contributed by atoms with Crippen LogP contribution in [0.15, 0.2) is 60.7 Å². The smallest absolute Gasteiger partial charge is 0.337 e. The van der Waals surface area contributed by atoms with Gasteiger partial charge < -0.3 is 25.0 Å². The summed E-state index contributed by atoms with van der Waals surface area (Å²) in [6, 6.07) is 21.0. The second kappa shape index (κ2) is 9.99. The molecule has 3 fully saturated rings. The van der Waals surface area contributed by atoms with Crippen LogP contribution >= 0.6 is 0 Å². The van der Waals surface area contributed by atoms with E-state index < -0.39 is 5.97 Å². The van der Waals surface area contributed by atoms with Crippen LogP contribution in [0, 0.1) is 12.3 Å². The molecule has 3 aromatic rings. The van der Waals surface area contributed by atoms with E-state index in [4.69, 9.17) is 4.74 Å². The monoisotopic (exact) mass is 511 g/mol. The van der Waals surface area contributed by atoms with Crippen molar-refractivity contribution in [2.45, 2.75) is 44.9 Å². The van der Waals surface area contributed by atoms with Gasteiger partial charge in [-0.25, -0.2) is 4.79 Å². The van der Waals surface area contributed by atoms with Gasteiger partial charge in [-0.05, 0) is 85.3 Å². The lowest BCUT2D eigenvalue weighted by Gasteiger charge is -2.56. The molecule has 3 aromatic carbocycles. The van der Waals surface area contributed by atoms with Crippen LogP contribution in [0.4, 0.5) is 28.4 Å². The van der Waals surface area contributed by atoms with Gasteiger partial charge in [0.05, 0.1) is 29.9 Å². The molecule has 2 heterocycles. The molecule has 0 amide bonds. The summed E-state index contributed by atoms with van der Waals surface area (Å²) in [6.07, 6.45) is 6.69. The van der Waals surface area contributed by atoms with Crippen LogP contribution < -0.4 is 15.1 Å². The summed E-state index contributed by atoms with van der Waals surface area (Å²) in [5.41, 5.74) is 7.80. The van der Waals surface area contributed by atoms with Crippen LogP contribution in [0.3, 0.4) is 0 Å². The molecule has 0 aromatic heterocycles. The fraction of sp³-hybridized carbons (Fsp3) is 0.406. The van der Waals surface area contributed by atoms with E-state index in [1.54, 1.807) is 6.07 Å². The maximum Gasteiger partial charge on any atom is 0.337 e. The summed E-state index contributed by atoms with van der Waals surface area (Å²) in [7, 11) is 2.09. The largest absolute Gasteiger partial charge is 0.478 e. The Hall–Kier alpha value is -3.51. The number of carboxylic acid groups (broad SMARTS) is 1. The van der Waals surface area contributed by atoms with E-state index in [1.807, 2.05) is 18.2 Å². The average Bonchev–Trinajstić information content (AvgIpc) is 2.89. The number of nitrogens with one attached hydrogen (secondary N) is 1. The third-order valence-electron chi connectivity index (χ3n) is 8.69. The number of anilines is 5. The molecule has 1 aliphatic carbocycles. The van der Waals surface area contributed by atoms with Crippen LogP contribution in [-0.2, 0) is 4.74 Å². The number of benzene rings is 3. The standard InChI is InChI=1S/C32H37N3O3/c1-22-16-26(34(2)25-10-8-24(9-11-25)23-6-4-3-5-7-23)12-14-29(22)33-30-15-13-27(17-28(30)31(36)37)35-18-32(19-35)20-38-21-32/h8-17,23,33H,3-7,18-21H2,1-2H3,(H,36,37). The minimum atomic E-state index is -0.928. The van der Waals surface area contributed by atoms with E-state index in [0.717, 1.165) is 54.6 Å². The molecule has 1 spiro atoms. The molecule has 0 unspecified atom stereocenters. The van der Waals surface area contributed by atoms with Crippen molar-refractivity contribution >= 4 is 34.4 Å². The van der Waals surface area contributed by atoms with Gasteiger partial charge in [-0.15, -0.1) is 0 Å². The van der Waals surface area contributed by atoms with Gasteiger partial charge >= 0.3 is 5.97 Å². The van der Waals surface area contributed by atoms with Crippen molar-refractivity contribution in [1.82, 2.24) is 0 Å². The van der Waals surface area contributed by atoms with Crippen LogP contribution in [0.1, 0.15) is 59.5 Å². The third-order valence-corrected chi connectivity index (χ3v) is 8.69. The molecular formula is C32H37N3O3. The molecule has 1 saturated carbocycles. The first-order valence-electron chi connectivity index (χ1n) is 13.8. The maximum absolute atomic E-state index is 12.1. The van der Waals surface area contributed by atoms with Crippen molar-refractivity contribution in [2.75, 3.05) is 48.5 Å². The third kappa shape index (κ3) is 4.73. The second-order valence-corrected chi connectivity index (χ2v) is 11.5. The molecule has 3 aliphatic rings. The number of aromatic carboxylic acids is 1. The van der Waals surface area contributed by atoms with Crippen molar-refractivity contribution in [3.8, 4) is 0 Å². The Morgan fingerprint density at radius 2 is 1.63 bits per heavy atom. The van der Waals surface area contributed by atoms with Gasteiger partial charge in [0.25, 0.3) is 0 Å². The van der Waals surface area contributed by atoms with E-state index in [-0.39, 0.29) is 11.0 Å². The van der Waals surface area contributed by atoms with Crippen molar-refractivity contribution in [1.29, 1.82) is 0 Å². The van der Waals surface area contributed by atoms with Gasteiger partial charge in [-0.1, -0.05) is 31.4 Å². The highest BCUT2D eigenvalue weighted by Crippen LogP contribution is 2.41. The van der Waals surface area contributed by atoms with Crippen LogP contribution in [0.2, 0.25) is 0 Å². The van der Waals surface area contributed by atoms with Gasteiger partial charge in [0.1, 0.15) is 0 Å². The first-order valence-corrected chi connectivity index (χ1v) is 13.8. The fourth-order valence-corrected chi connectivity index (χ4v) is 6.23. The average molecular weight is 512 g/mol. The van der Waals surface area contributed by atoms with Crippen molar-refractivity contribution in [3.05, 3.63) is 77.4 Å². The lowest BCUT2D eigenvalue weighted by Crippen LogP contribution is -2.66. The Bertz CT molecular complexity index is 1320. The Morgan fingerprint density at radius 1 is 0.947 bits per heavy atom. The summed E-state index contributed by atoms with van der Waals surface area (Å²) < 4.78 is 5.36. The normalized spacial score (nSPS) is 18.5. The van der Waals surface area contributed by atoms with Gasteiger partial charge in [-0.3, -0.25) is 0 Å². The molecule has 0 radical (unpaired) electrons. The summed E-state index contributed by atoms with van der Waals surface area (Å²) in [5, 5.41) is 13.3. The molecule has 198 valence electrons. The number of hydrogen-bond acceptors (Lipinski definition) is 5. The van der Waals surface area contributed by atoms with Gasteiger partial charge in [-0.2, -0.15) is 0 Å². The van der Waals surface area contributed by atoms with Crippen molar-refractivity contribution < 1.29 is 14.6 Å². The predicted octanol–water partition coefficient (Wildman–Crippen LogP) is 7.09. The lowest BCUT2D eigenvalue weighted by molar-refractivity contribution is -0.127. The Balaban J connectivity index is 1.16. The minimum Gasteiger partial charge on any atom is -0.478 e. The number of hydrogen-bond donors (Lipinski definition) is 2. The van der Waals surface area contributed by atoms with Crippen LogP contribution in [0.25, 0.3) is 0 Å². The minimum absolute atomic E-state index is 0.282. The molecule has 6 nitrogen and oxygen atoms in total. The van der Waals surface area contributed by atoms with E-state index in [9.17, 15) is 9.90 Å². The molecule has 0 atom stereocenters. The summed E-state index contributed by atoms with van der Waals surface area (Å²) in [5.74, 6) is -0.220. The molecule has 6 rings (SSSR count). The predicted molar refractivity (Wildman–Crippen MR) is 154 cm³/mol. The molecule has 6 heteroatoms. The Labute approximate surface area is 225 Å². The van der Waals surface area contributed by atoms with E-state index in [1.165, 1.54) is 37.7 Å². The molecule has 0 bridgehead atoms. The number of rotatable bonds is 7. The molecule has 38 heavy (non-hydrogen) atoms. The molecular weight excluding hydrogens is 474 g/mol. The highest BCUT2D eigenvalue weighted by atomic mass is 16.5. The fourth-order valence-electron chi connectivity index (χ4n) is 6.23. The molecule has 2 saturated heterocycles. The van der Waals surface area contributed by atoms with E-state index in [2.05, 4.69) is 65.5 Å². The topological polar surface area (TPSA) is 65.0 Å². The number of aryl methyl sites for hydroxylation is 1. The number of nitrogens with zero attached hydrogens (tertiary/aromatic N) is 2. The first-order chi connectivity index (χ1) is 18.4. The van der Waals surface area contributed by atoms with E-state index >= 15 is 0 Å².